The molecule has 0 aromatic heterocycles. The zero-order valence-electron chi connectivity index (χ0n) is 9.82. The number of hydrogen-bond acceptors (Lipinski definition) is 3. The maximum absolute atomic E-state index is 11.0. The third kappa shape index (κ3) is 3.15. The zero-order chi connectivity index (χ0) is 12.1. The molecule has 88 valence electrons. The lowest BCUT2D eigenvalue weighted by atomic mass is 10.2. The first kappa shape index (κ1) is 12.4. The summed E-state index contributed by atoms with van der Waals surface area (Å²) in [5.41, 5.74) is 5.61. The number of benzene rings is 1. The molecule has 0 heterocycles. The average molecular weight is 223 g/mol. The van der Waals surface area contributed by atoms with Gasteiger partial charge in [-0.3, -0.25) is 4.79 Å². The molecule has 2 N–H and O–H groups in total. The number of amides is 1. The molecule has 0 aliphatic rings. The molecular weight excluding hydrogens is 206 g/mol. The molecule has 4 nitrogen and oxygen atoms in total. The predicted octanol–water partition coefficient (Wildman–Crippen LogP) is 1.97. The van der Waals surface area contributed by atoms with Gasteiger partial charge in [-0.1, -0.05) is 0 Å². The van der Waals surface area contributed by atoms with Crippen LogP contribution in [0.2, 0.25) is 0 Å². The van der Waals surface area contributed by atoms with Gasteiger partial charge in [0.2, 0.25) is 5.91 Å². The molecule has 0 radical (unpaired) electrons. The van der Waals surface area contributed by atoms with E-state index in [0.717, 1.165) is 0 Å². The van der Waals surface area contributed by atoms with Gasteiger partial charge in [0.1, 0.15) is 0 Å². The molecule has 0 bridgehead atoms. The third-order valence-corrected chi connectivity index (χ3v) is 1.89. The van der Waals surface area contributed by atoms with Crippen LogP contribution in [0.15, 0.2) is 18.2 Å². The Kier molecular flexibility index (Phi) is 4.17. The van der Waals surface area contributed by atoms with Crippen LogP contribution in [0.1, 0.15) is 31.1 Å². The molecule has 0 aliphatic heterocycles. The van der Waals surface area contributed by atoms with Gasteiger partial charge in [0, 0.05) is 5.56 Å². The Morgan fingerprint density at radius 3 is 2.56 bits per heavy atom. The normalized spacial score (nSPS) is 10.2. The van der Waals surface area contributed by atoms with E-state index in [1.165, 1.54) is 0 Å². The molecule has 1 aromatic rings. The van der Waals surface area contributed by atoms with E-state index in [4.69, 9.17) is 15.2 Å². The topological polar surface area (TPSA) is 61.5 Å². The quantitative estimate of drug-likeness (QED) is 0.830. The van der Waals surface area contributed by atoms with E-state index in [1.54, 1.807) is 18.2 Å². The van der Waals surface area contributed by atoms with Gasteiger partial charge in [-0.25, -0.2) is 0 Å². The van der Waals surface area contributed by atoms with Crippen LogP contribution in [0.4, 0.5) is 0 Å². The van der Waals surface area contributed by atoms with Gasteiger partial charge in [0.05, 0.1) is 12.7 Å². The largest absolute Gasteiger partial charge is 0.490 e. The number of carbonyl (C=O) groups excluding carboxylic acids is 1. The summed E-state index contributed by atoms with van der Waals surface area (Å²) in [6.45, 7) is 6.24. The van der Waals surface area contributed by atoms with Crippen LogP contribution in [0.5, 0.6) is 11.5 Å². The van der Waals surface area contributed by atoms with E-state index in [9.17, 15) is 4.79 Å². The molecular formula is C12H17NO3. The summed E-state index contributed by atoms with van der Waals surface area (Å²) in [6, 6.07) is 4.93. The molecule has 0 atom stereocenters. The maximum atomic E-state index is 11.0. The van der Waals surface area contributed by atoms with Crippen molar-refractivity contribution in [1.82, 2.24) is 0 Å². The van der Waals surface area contributed by atoms with Crippen molar-refractivity contribution in [3.63, 3.8) is 0 Å². The van der Waals surface area contributed by atoms with Crippen LogP contribution in [0.25, 0.3) is 0 Å². The van der Waals surface area contributed by atoms with Gasteiger partial charge in [-0.2, -0.15) is 0 Å². The van der Waals surface area contributed by atoms with E-state index in [0.29, 0.717) is 23.7 Å². The first-order chi connectivity index (χ1) is 7.54. The van der Waals surface area contributed by atoms with Crippen molar-refractivity contribution >= 4 is 5.91 Å². The first-order valence-electron chi connectivity index (χ1n) is 5.28. The number of hydrogen-bond donors (Lipinski definition) is 1. The van der Waals surface area contributed by atoms with Gasteiger partial charge in [-0.05, 0) is 39.0 Å². The number of rotatable bonds is 5. The summed E-state index contributed by atoms with van der Waals surface area (Å²) in [6.07, 6.45) is 0.0543. The highest BCUT2D eigenvalue weighted by molar-refractivity contribution is 5.93. The molecule has 1 rings (SSSR count). The summed E-state index contributed by atoms with van der Waals surface area (Å²) in [5.74, 6) is 0.700. The van der Waals surface area contributed by atoms with Gasteiger partial charge < -0.3 is 15.2 Å². The fourth-order valence-electron chi connectivity index (χ4n) is 1.28. The second-order valence-corrected chi connectivity index (χ2v) is 3.63. The van der Waals surface area contributed by atoms with Crippen molar-refractivity contribution in [2.45, 2.75) is 26.9 Å². The summed E-state index contributed by atoms with van der Waals surface area (Å²) in [5, 5.41) is 0. The number of ether oxygens (including phenoxy) is 2. The summed E-state index contributed by atoms with van der Waals surface area (Å²) in [7, 11) is 0. The molecule has 0 saturated heterocycles. The summed E-state index contributed by atoms with van der Waals surface area (Å²) in [4.78, 5) is 11.0. The second kappa shape index (κ2) is 5.39. The number of carbonyl (C=O) groups is 1. The number of nitrogens with two attached hydrogens (primary N) is 1. The Morgan fingerprint density at radius 2 is 2.06 bits per heavy atom. The molecule has 1 aromatic carbocycles. The Morgan fingerprint density at radius 1 is 1.38 bits per heavy atom. The molecule has 1 amide bonds. The SMILES string of the molecule is CCOc1cc(C(N)=O)ccc1OC(C)C. The molecule has 0 saturated carbocycles. The lowest BCUT2D eigenvalue weighted by Crippen LogP contribution is -2.12. The minimum Gasteiger partial charge on any atom is -0.490 e. The first-order valence-corrected chi connectivity index (χ1v) is 5.28. The van der Waals surface area contributed by atoms with Crippen molar-refractivity contribution in [2.75, 3.05) is 6.61 Å². The predicted molar refractivity (Wildman–Crippen MR) is 61.9 cm³/mol. The van der Waals surface area contributed by atoms with E-state index in [1.807, 2.05) is 20.8 Å². The lowest BCUT2D eigenvalue weighted by Gasteiger charge is -2.14. The van der Waals surface area contributed by atoms with Crippen LogP contribution in [0, 0.1) is 0 Å². The fraction of sp³-hybridized carbons (Fsp3) is 0.417. The Balaban J connectivity index is 3.03. The smallest absolute Gasteiger partial charge is 0.248 e. The van der Waals surface area contributed by atoms with Gasteiger partial charge in [0.15, 0.2) is 11.5 Å². The molecule has 0 unspecified atom stereocenters. The number of primary amides is 1. The Labute approximate surface area is 95.3 Å². The third-order valence-electron chi connectivity index (χ3n) is 1.89. The fourth-order valence-corrected chi connectivity index (χ4v) is 1.28. The lowest BCUT2D eigenvalue weighted by molar-refractivity contribution is 0.0999. The van der Waals surface area contributed by atoms with Crippen LogP contribution in [0.3, 0.4) is 0 Å². The molecule has 4 heteroatoms. The monoisotopic (exact) mass is 223 g/mol. The van der Waals surface area contributed by atoms with Crippen LogP contribution < -0.4 is 15.2 Å². The molecule has 0 aliphatic carbocycles. The van der Waals surface area contributed by atoms with Crippen molar-refractivity contribution in [2.24, 2.45) is 5.73 Å². The molecule has 16 heavy (non-hydrogen) atoms. The van der Waals surface area contributed by atoms with Gasteiger partial charge >= 0.3 is 0 Å². The Hall–Kier alpha value is -1.71. The van der Waals surface area contributed by atoms with Crippen molar-refractivity contribution in [1.29, 1.82) is 0 Å². The second-order valence-electron chi connectivity index (χ2n) is 3.63. The summed E-state index contributed by atoms with van der Waals surface area (Å²) >= 11 is 0. The van der Waals surface area contributed by atoms with Crippen LogP contribution in [-0.2, 0) is 0 Å². The van der Waals surface area contributed by atoms with E-state index in [-0.39, 0.29) is 6.10 Å². The summed E-state index contributed by atoms with van der Waals surface area (Å²) < 4.78 is 11.0. The van der Waals surface area contributed by atoms with E-state index in [2.05, 4.69) is 0 Å². The highest BCUT2D eigenvalue weighted by Crippen LogP contribution is 2.29. The Bertz CT molecular complexity index is 375. The van der Waals surface area contributed by atoms with E-state index < -0.39 is 5.91 Å². The highest BCUT2D eigenvalue weighted by Gasteiger charge is 2.10. The van der Waals surface area contributed by atoms with Gasteiger partial charge in [-0.15, -0.1) is 0 Å². The van der Waals surface area contributed by atoms with Crippen LogP contribution in [-0.4, -0.2) is 18.6 Å². The molecule has 0 spiro atoms. The minimum atomic E-state index is -0.475. The van der Waals surface area contributed by atoms with Crippen molar-refractivity contribution in [3.05, 3.63) is 23.8 Å². The van der Waals surface area contributed by atoms with Crippen molar-refractivity contribution in [3.8, 4) is 11.5 Å². The highest BCUT2D eigenvalue weighted by atomic mass is 16.5. The van der Waals surface area contributed by atoms with Crippen molar-refractivity contribution < 1.29 is 14.3 Å². The molecule has 0 fully saturated rings. The van der Waals surface area contributed by atoms with E-state index >= 15 is 0 Å². The van der Waals surface area contributed by atoms with Crippen LogP contribution >= 0.6 is 0 Å². The minimum absolute atomic E-state index is 0.0543. The van der Waals surface area contributed by atoms with Gasteiger partial charge in [0.25, 0.3) is 0 Å². The zero-order valence-corrected chi connectivity index (χ0v) is 9.82. The standard InChI is InChI=1S/C12H17NO3/c1-4-15-11-7-9(12(13)14)5-6-10(11)16-8(2)3/h5-8H,4H2,1-3H3,(H2,13,14). The maximum Gasteiger partial charge on any atom is 0.248 e. The average Bonchev–Trinajstić information content (AvgIpc) is 2.20.